The number of carbonyl (C=O) groups excluding carboxylic acids is 1. The maximum absolute atomic E-state index is 11.5. The average molecular weight is 387 g/mol. The van der Waals surface area contributed by atoms with Gasteiger partial charge in [-0.15, -0.1) is 0 Å². The predicted molar refractivity (Wildman–Crippen MR) is 108 cm³/mol. The highest BCUT2D eigenvalue weighted by Crippen LogP contribution is 2.40. The lowest BCUT2D eigenvalue weighted by Crippen LogP contribution is -2.31. The van der Waals surface area contributed by atoms with Crippen molar-refractivity contribution in [2.24, 2.45) is 7.05 Å². The molecule has 1 N–H and O–H groups in total. The topological polar surface area (TPSA) is 59.4 Å². The van der Waals surface area contributed by atoms with Gasteiger partial charge in [0.05, 0.1) is 24.9 Å². The van der Waals surface area contributed by atoms with E-state index < -0.39 is 0 Å². The van der Waals surface area contributed by atoms with Gasteiger partial charge in [-0.3, -0.25) is 9.78 Å². The van der Waals surface area contributed by atoms with Crippen molar-refractivity contribution in [3.05, 3.63) is 53.1 Å². The van der Waals surface area contributed by atoms with Crippen LogP contribution >= 0.6 is 12.2 Å². The molecule has 6 nitrogen and oxygen atoms in total. The van der Waals surface area contributed by atoms with Gasteiger partial charge in [0, 0.05) is 37.6 Å². The highest BCUT2D eigenvalue weighted by Gasteiger charge is 2.40. The quantitative estimate of drug-likeness (QED) is 0.608. The number of nitrogens with one attached hydrogen (secondary N) is 1. The van der Waals surface area contributed by atoms with E-state index in [-0.39, 0.29) is 18.1 Å². The van der Waals surface area contributed by atoms with Gasteiger partial charge in [0.1, 0.15) is 0 Å². The van der Waals surface area contributed by atoms with Crippen LogP contribution in [0.4, 0.5) is 0 Å². The van der Waals surface area contributed by atoms with Crippen LogP contribution in [-0.4, -0.2) is 39.2 Å². The van der Waals surface area contributed by atoms with Crippen LogP contribution in [0.25, 0.3) is 0 Å². The number of aryl methyl sites for hydroxylation is 1. The van der Waals surface area contributed by atoms with E-state index in [2.05, 4.69) is 46.7 Å². The molecule has 0 amide bonds. The summed E-state index contributed by atoms with van der Waals surface area (Å²) in [5.41, 5.74) is 4.61. The lowest BCUT2D eigenvalue weighted by molar-refractivity contribution is -0.140. The third kappa shape index (κ3) is 3.83. The molecule has 2 atom stereocenters. The minimum atomic E-state index is -0.197. The molecule has 0 unspecified atom stereocenters. The molecule has 27 heavy (non-hydrogen) atoms. The van der Waals surface area contributed by atoms with E-state index in [0.29, 0.717) is 24.5 Å². The van der Waals surface area contributed by atoms with Crippen LogP contribution in [0.3, 0.4) is 0 Å². The maximum Gasteiger partial charge on any atom is 0.305 e. The first-order valence-corrected chi connectivity index (χ1v) is 9.52. The highest BCUT2D eigenvalue weighted by atomic mass is 32.1. The summed E-state index contributed by atoms with van der Waals surface area (Å²) in [5.74, 6) is -0.197. The van der Waals surface area contributed by atoms with E-state index in [0.717, 1.165) is 5.69 Å². The largest absolute Gasteiger partial charge is 0.469 e. The summed E-state index contributed by atoms with van der Waals surface area (Å²) < 4.78 is 6.96. The number of rotatable bonds is 6. The van der Waals surface area contributed by atoms with Gasteiger partial charge in [0.15, 0.2) is 5.11 Å². The zero-order valence-corrected chi connectivity index (χ0v) is 17.0. The van der Waals surface area contributed by atoms with Crippen molar-refractivity contribution in [1.82, 2.24) is 19.8 Å². The fourth-order valence-electron chi connectivity index (χ4n) is 3.66. The molecule has 1 fully saturated rings. The Morgan fingerprint density at radius 3 is 2.74 bits per heavy atom. The van der Waals surface area contributed by atoms with Crippen LogP contribution in [0.15, 0.2) is 30.5 Å². The van der Waals surface area contributed by atoms with Crippen LogP contribution < -0.4 is 5.32 Å². The number of hydrogen-bond acceptors (Lipinski definition) is 4. The molecule has 2 aromatic rings. The predicted octanol–water partition coefficient (Wildman–Crippen LogP) is 2.96. The normalized spacial score (nSPS) is 19.3. The molecule has 1 saturated heterocycles. The fourth-order valence-corrected chi connectivity index (χ4v) is 4.00. The van der Waals surface area contributed by atoms with E-state index in [9.17, 15) is 4.79 Å². The molecule has 0 spiro atoms. The molecular weight excluding hydrogens is 360 g/mol. The van der Waals surface area contributed by atoms with Crippen LogP contribution in [0.2, 0.25) is 0 Å². The minimum absolute atomic E-state index is 0.0303. The molecule has 0 aliphatic carbocycles. The molecular formula is C20H26N4O2S. The Kier molecular flexibility index (Phi) is 5.79. The van der Waals surface area contributed by atoms with Crippen LogP contribution in [0.1, 0.15) is 47.6 Å². The molecule has 0 saturated carbocycles. The van der Waals surface area contributed by atoms with Gasteiger partial charge in [-0.25, -0.2) is 0 Å². The van der Waals surface area contributed by atoms with Crippen molar-refractivity contribution < 1.29 is 9.53 Å². The summed E-state index contributed by atoms with van der Waals surface area (Å²) in [7, 11) is 3.49. The van der Waals surface area contributed by atoms with Crippen molar-refractivity contribution >= 4 is 23.3 Å². The van der Waals surface area contributed by atoms with E-state index in [1.165, 1.54) is 24.1 Å². The van der Waals surface area contributed by atoms with Gasteiger partial charge in [0.2, 0.25) is 0 Å². The standard InChI is InChI=1S/C20H26N4O2S/c1-13-12-15(14(2)23(13)3)19-18(16-8-5-6-10-21-16)22-20(27)24(19)11-7-9-17(25)26-4/h5-6,8,10,12,18-19H,7,9,11H2,1-4H3,(H,22,27)/t18-,19-/m0/s1. The summed E-state index contributed by atoms with van der Waals surface area (Å²) in [6, 6.07) is 8.16. The smallest absolute Gasteiger partial charge is 0.305 e. The Balaban J connectivity index is 1.94. The molecule has 7 heteroatoms. The first-order valence-electron chi connectivity index (χ1n) is 9.11. The molecule has 0 aromatic carbocycles. The van der Waals surface area contributed by atoms with E-state index >= 15 is 0 Å². The Bertz CT molecular complexity index is 834. The second-order valence-electron chi connectivity index (χ2n) is 6.89. The highest BCUT2D eigenvalue weighted by molar-refractivity contribution is 7.80. The Morgan fingerprint density at radius 2 is 2.15 bits per heavy atom. The van der Waals surface area contributed by atoms with Gasteiger partial charge in [-0.2, -0.15) is 0 Å². The second kappa shape index (κ2) is 8.08. The first-order chi connectivity index (χ1) is 12.9. The summed E-state index contributed by atoms with van der Waals surface area (Å²) in [4.78, 5) is 18.2. The molecule has 1 aliphatic heterocycles. The number of methoxy groups -OCH3 is 1. The number of aromatic nitrogens is 2. The van der Waals surface area contributed by atoms with Gasteiger partial charge in [-0.1, -0.05) is 6.07 Å². The van der Waals surface area contributed by atoms with E-state index in [1.807, 2.05) is 18.2 Å². The number of nitrogens with zero attached hydrogens (tertiary/aromatic N) is 3. The number of hydrogen-bond donors (Lipinski definition) is 1. The van der Waals surface area contributed by atoms with E-state index in [4.69, 9.17) is 17.0 Å². The molecule has 3 rings (SSSR count). The lowest BCUT2D eigenvalue weighted by Gasteiger charge is -2.28. The van der Waals surface area contributed by atoms with Crippen molar-refractivity contribution in [2.45, 2.75) is 38.8 Å². The fraction of sp³-hybridized carbons (Fsp3) is 0.450. The van der Waals surface area contributed by atoms with Crippen molar-refractivity contribution in [1.29, 1.82) is 0 Å². The van der Waals surface area contributed by atoms with Crippen molar-refractivity contribution in [3.8, 4) is 0 Å². The molecule has 0 bridgehead atoms. The van der Waals surface area contributed by atoms with Crippen molar-refractivity contribution in [3.63, 3.8) is 0 Å². The summed E-state index contributed by atoms with van der Waals surface area (Å²) in [6.07, 6.45) is 2.87. The molecule has 144 valence electrons. The Labute approximate surface area is 165 Å². The zero-order valence-electron chi connectivity index (χ0n) is 16.2. The Morgan fingerprint density at radius 1 is 1.37 bits per heavy atom. The molecule has 1 aliphatic rings. The molecule has 2 aromatic heterocycles. The Hall–Kier alpha value is -2.41. The second-order valence-corrected chi connectivity index (χ2v) is 7.27. The summed E-state index contributed by atoms with van der Waals surface area (Å²) >= 11 is 5.65. The molecule has 3 heterocycles. The third-order valence-electron chi connectivity index (χ3n) is 5.34. The van der Waals surface area contributed by atoms with Gasteiger partial charge >= 0.3 is 5.97 Å². The van der Waals surface area contributed by atoms with Crippen LogP contribution in [0.5, 0.6) is 0 Å². The summed E-state index contributed by atoms with van der Waals surface area (Å²) in [6.45, 7) is 4.92. The summed E-state index contributed by atoms with van der Waals surface area (Å²) in [5, 5.41) is 4.14. The number of thiocarbonyl (C=S) groups is 1. The average Bonchev–Trinajstić information content (AvgIpc) is 3.13. The number of ether oxygens (including phenoxy) is 1. The first kappa shape index (κ1) is 19.4. The zero-order chi connectivity index (χ0) is 19.6. The SMILES string of the molecule is COC(=O)CCCN1C(=S)N[C@@H](c2ccccn2)[C@@H]1c1cc(C)n(C)c1C. The van der Waals surface area contributed by atoms with Crippen LogP contribution in [0, 0.1) is 13.8 Å². The van der Waals surface area contributed by atoms with Crippen LogP contribution in [-0.2, 0) is 16.6 Å². The third-order valence-corrected chi connectivity index (χ3v) is 5.69. The number of pyridine rings is 1. The van der Waals surface area contributed by atoms with Gasteiger partial charge < -0.3 is 19.5 Å². The van der Waals surface area contributed by atoms with E-state index in [1.54, 1.807) is 6.20 Å². The number of carbonyl (C=O) groups is 1. The maximum atomic E-state index is 11.5. The van der Waals surface area contributed by atoms with Gasteiger partial charge in [0.25, 0.3) is 0 Å². The van der Waals surface area contributed by atoms with Gasteiger partial charge in [-0.05, 0) is 56.2 Å². The monoisotopic (exact) mass is 386 g/mol. The lowest BCUT2D eigenvalue weighted by atomic mass is 9.96. The number of esters is 1. The molecule has 0 radical (unpaired) electrons. The van der Waals surface area contributed by atoms with Crippen molar-refractivity contribution in [2.75, 3.05) is 13.7 Å². The minimum Gasteiger partial charge on any atom is -0.469 e.